The van der Waals surface area contributed by atoms with Crippen LogP contribution in [0.25, 0.3) is 11.3 Å². The fraction of sp³-hybridized carbons (Fsp3) is 0.484. The highest BCUT2D eigenvalue weighted by atomic mass is 19.1. The maximum Gasteiger partial charge on any atom is 0.157 e. The standard InChI is InChI=1S/C22H24F2N2.C4H11N.C4H8O2.CH3F/c1-15(22(2,3)4)21-25-20(18-12-17(23)10-11-19(18)24)14-26(21)13-16-8-6-5-7-9-16;1-2-3-4-5;1-2-4(6)3-5;1-2/h5-12,14-15H,13H2,1-4H3;2-5H2,1H3;5H,2-3H2,1H3;1H3. The monoisotopic (exact) mass is 549 g/mol. The minimum Gasteiger partial charge on any atom is -0.389 e. The van der Waals surface area contributed by atoms with E-state index in [0.717, 1.165) is 30.1 Å². The molecule has 3 rings (SSSR count). The Kier molecular flexibility index (Phi) is 17.7. The van der Waals surface area contributed by atoms with E-state index >= 15 is 0 Å². The number of Topliss-reactive ketones (excluding diaryl/α,β-unsaturated/α-hetero) is 1. The van der Waals surface area contributed by atoms with Crippen LogP contribution in [0, 0.1) is 17.0 Å². The number of carbonyl (C=O) groups is 1. The molecule has 39 heavy (non-hydrogen) atoms. The Morgan fingerprint density at radius 2 is 1.69 bits per heavy atom. The summed E-state index contributed by atoms with van der Waals surface area (Å²) >= 11 is 0. The van der Waals surface area contributed by atoms with Gasteiger partial charge in [-0.05, 0) is 42.1 Å². The molecule has 0 aliphatic heterocycles. The molecule has 3 aromatic rings. The van der Waals surface area contributed by atoms with Gasteiger partial charge in [-0.25, -0.2) is 13.8 Å². The van der Waals surface area contributed by atoms with Gasteiger partial charge in [0.15, 0.2) is 5.78 Å². The summed E-state index contributed by atoms with van der Waals surface area (Å²) in [6, 6.07) is 13.5. The lowest BCUT2D eigenvalue weighted by Gasteiger charge is -2.27. The maximum atomic E-state index is 14.2. The van der Waals surface area contributed by atoms with Crippen molar-refractivity contribution in [1.29, 1.82) is 0 Å². The van der Waals surface area contributed by atoms with E-state index in [1.165, 1.54) is 18.9 Å². The van der Waals surface area contributed by atoms with Gasteiger partial charge in [-0.15, -0.1) is 0 Å². The highest BCUT2D eigenvalue weighted by Crippen LogP contribution is 2.36. The van der Waals surface area contributed by atoms with Crippen molar-refractivity contribution in [2.75, 3.05) is 20.3 Å². The molecule has 8 heteroatoms. The number of imidazole rings is 1. The van der Waals surface area contributed by atoms with Crippen molar-refractivity contribution >= 4 is 5.78 Å². The Bertz CT molecular complexity index is 1070. The molecule has 1 aromatic heterocycles. The van der Waals surface area contributed by atoms with Crippen LogP contribution in [0.3, 0.4) is 0 Å². The van der Waals surface area contributed by atoms with Crippen LogP contribution in [0.1, 0.15) is 78.1 Å². The molecule has 2 aromatic carbocycles. The number of aliphatic hydroxyl groups excluding tert-OH is 1. The Balaban J connectivity index is 0.000000931. The van der Waals surface area contributed by atoms with Crippen molar-refractivity contribution in [3.8, 4) is 11.3 Å². The molecule has 3 N–H and O–H groups in total. The quantitative estimate of drug-likeness (QED) is 0.309. The molecule has 1 unspecified atom stereocenters. The Hall–Kier alpha value is -2.97. The fourth-order valence-electron chi connectivity index (χ4n) is 3.21. The molecule has 1 atom stereocenters. The molecule has 0 saturated heterocycles. The zero-order valence-electron chi connectivity index (χ0n) is 24.5. The molecule has 0 radical (unpaired) electrons. The molecule has 218 valence electrons. The summed E-state index contributed by atoms with van der Waals surface area (Å²) in [5, 5.41) is 7.99. The summed E-state index contributed by atoms with van der Waals surface area (Å²) in [5.41, 5.74) is 6.93. The van der Waals surface area contributed by atoms with Gasteiger partial charge in [0.25, 0.3) is 0 Å². The van der Waals surface area contributed by atoms with Crippen LogP contribution in [0.15, 0.2) is 54.7 Å². The minimum absolute atomic E-state index is 0.00244. The number of rotatable bonds is 8. The third kappa shape index (κ3) is 13.1. The highest BCUT2D eigenvalue weighted by Gasteiger charge is 2.27. The van der Waals surface area contributed by atoms with Gasteiger partial charge in [-0.3, -0.25) is 9.18 Å². The summed E-state index contributed by atoms with van der Waals surface area (Å²) in [4.78, 5) is 14.6. The fourth-order valence-corrected chi connectivity index (χ4v) is 3.21. The predicted molar refractivity (Wildman–Crippen MR) is 154 cm³/mol. The Labute approximate surface area is 232 Å². The third-order valence-electron chi connectivity index (χ3n) is 6.02. The number of aromatic nitrogens is 2. The van der Waals surface area contributed by atoms with Crippen LogP contribution in [0.5, 0.6) is 0 Å². The van der Waals surface area contributed by atoms with Crippen molar-refractivity contribution in [2.45, 2.75) is 73.3 Å². The Morgan fingerprint density at radius 3 is 2.13 bits per heavy atom. The van der Waals surface area contributed by atoms with Crippen LogP contribution in [0.4, 0.5) is 13.2 Å². The predicted octanol–water partition coefficient (Wildman–Crippen LogP) is 7.31. The van der Waals surface area contributed by atoms with Gasteiger partial charge < -0.3 is 15.4 Å². The third-order valence-corrected chi connectivity index (χ3v) is 6.02. The molecule has 0 bridgehead atoms. The van der Waals surface area contributed by atoms with E-state index in [9.17, 15) is 18.0 Å². The van der Waals surface area contributed by atoms with E-state index in [1.54, 1.807) is 6.92 Å². The molecule has 0 aliphatic carbocycles. The first-order valence-electron chi connectivity index (χ1n) is 13.2. The zero-order valence-corrected chi connectivity index (χ0v) is 24.5. The highest BCUT2D eigenvalue weighted by molar-refractivity contribution is 5.78. The average molecular weight is 550 g/mol. The van der Waals surface area contributed by atoms with Crippen molar-refractivity contribution < 1.29 is 23.1 Å². The lowest BCUT2D eigenvalue weighted by atomic mass is 9.81. The molecular weight excluding hydrogens is 503 g/mol. The minimum atomic E-state index is -0.468. The van der Waals surface area contributed by atoms with E-state index in [1.807, 2.05) is 41.1 Å². The van der Waals surface area contributed by atoms with E-state index in [0.29, 0.717) is 25.8 Å². The zero-order chi connectivity index (χ0) is 30.0. The summed E-state index contributed by atoms with van der Waals surface area (Å²) < 4.78 is 39.4. The number of hydrogen-bond donors (Lipinski definition) is 2. The molecule has 5 nitrogen and oxygen atoms in total. The molecule has 0 fully saturated rings. The SMILES string of the molecule is CC(c1nc(-c2cc(F)ccc2F)cn1Cc1ccccc1)C(C)(C)C.CCC(=O)CO.CCCCN.CF. The maximum absolute atomic E-state index is 14.2. The van der Waals surface area contributed by atoms with Crippen molar-refractivity contribution in [3.05, 3.63) is 77.8 Å². The molecule has 0 spiro atoms. The number of benzene rings is 2. The molecule has 1 heterocycles. The normalized spacial score (nSPS) is 11.2. The first-order valence-corrected chi connectivity index (χ1v) is 13.2. The topological polar surface area (TPSA) is 81.1 Å². The van der Waals surface area contributed by atoms with Crippen LogP contribution in [0.2, 0.25) is 0 Å². The number of hydrogen-bond acceptors (Lipinski definition) is 4. The van der Waals surface area contributed by atoms with Crippen LogP contribution >= 0.6 is 0 Å². The van der Waals surface area contributed by atoms with Crippen LogP contribution in [-0.2, 0) is 11.3 Å². The number of ketones is 1. The summed E-state index contributed by atoms with van der Waals surface area (Å²) in [5.74, 6) is -0.0123. The van der Waals surface area contributed by atoms with Crippen LogP contribution < -0.4 is 5.73 Å². The molecule has 0 aliphatic rings. The van der Waals surface area contributed by atoms with Gasteiger partial charge in [-0.1, -0.05) is 78.3 Å². The van der Waals surface area contributed by atoms with Gasteiger partial charge in [-0.2, -0.15) is 0 Å². The number of nitrogens with zero attached hydrogens (tertiary/aromatic N) is 2. The number of unbranched alkanes of at least 4 members (excludes halogenated alkanes) is 1. The second kappa shape index (κ2) is 19.1. The molecule has 0 saturated carbocycles. The lowest BCUT2D eigenvalue weighted by molar-refractivity contribution is -0.121. The summed E-state index contributed by atoms with van der Waals surface area (Å²) in [6.45, 7) is 13.6. The van der Waals surface area contributed by atoms with E-state index in [4.69, 9.17) is 15.8 Å². The smallest absolute Gasteiger partial charge is 0.157 e. The van der Waals surface area contributed by atoms with Gasteiger partial charge in [0, 0.05) is 30.6 Å². The number of alkyl halides is 1. The van der Waals surface area contributed by atoms with E-state index in [2.05, 4.69) is 34.6 Å². The second-order valence-corrected chi connectivity index (χ2v) is 10.0. The van der Waals surface area contributed by atoms with Gasteiger partial charge in [0.2, 0.25) is 0 Å². The van der Waals surface area contributed by atoms with Crippen LogP contribution in [-0.4, -0.2) is 40.8 Å². The lowest BCUT2D eigenvalue weighted by Crippen LogP contribution is -2.20. The molecular formula is C31H46F3N3O2. The van der Waals surface area contributed by atoms with E-state index < -0.39 is 11.6 Å². The largest absolute Gasteiger partial charge is 0.389 e. The van der Waals surface area contributed by atoms with Crippen molar-refractivity contribution in [3.63, 3.8) is 0 Å². The van der Waals surface area contributed by atoms with Gasteiger partial charge >= 0.3 is 0 Å². The number of nitrogens with two attached hydrogens (primary N) is 1. The van der Waals surface area contributed by atoms with Gasteiger partial charge in [0.05, 0.1) is 12.9 Å². The first-order chi connectivity index (χ1) is 18.5. The van der Waals surface area contributed by atoms with Gasteiger partial charge in [0.1, 0.15) is 24.1 Å². The van der Waals surface area contributed by atoms with Crippen molar-refractivity contribution in [1.82, 2.24) is 9.55 Å². The summed E-state index contributed by atoms with van der Waals surface area (Å²) in [7, 11) is 0.500. The average Bonchev–Trinajstić information content (AvgIpc) is 3.34. The van der Waals surface area contributed by atoms with Crippen molar-refractivity contribution in [2.24, 2.45) is 11.1 Å². The number of aliphatic hydroxyl groups is 1. The summed E-state index contributed by atoms with van der Waals surface area (Å²) in [6.07, 6.45) is 4.65. The molecule has 0 amide bonds. The number of halogens is 3. The second-order valence-electron chi connectivity index (χ2n) is 10.0. The van der Waals surface area contributed by atoms with E-state index in [-0.39, 0.29) is 29.3 Å². The Morgan fingerprint density at radius 1 is 1.08 bits per heavy atom. The number of carbonyl (C=O) groups excluding carboxylic acids is 1. The first kappa shape index (κ1) is 36.0.